The van der Waals surface area contributed by atoms with E-state index in [0.29, 0.717) is 6.54 Å². The number of benzene rings is 1. The van der Waals surface area contributed by atoms with Crippen molar-refractivity contribution in [3.05, 3.63) is 35.4 Å². The zero-order valence-corrected chi connectivity index (χ0v) is 12.3. The van der Waals surface area contributed by atoms with E-state index in [-0.39, 0.29) is 5.72 Å². The van der Waals surface area contributed by atoms with Gasteiger partial charge < -0.3 is 10.5 Å². The average Bonchev–Trinajstić information content (AvgIpc) is 2.89. The van der Waals surface area contributed by atoms with Crippen LogP contribution >= 0.6 is 0 Å². The number of nitrogens with two attached hydrogens (primary N) is 1. The molecular formula is C17H26N2O. The number of nitrogens with zero attached hydrogens (tertiary/aromatic N) is 1. The first kappa shape index (κ1) is 14.1. The molecule has 1 saturated heterocycles. The Morgan fingerprint density at radius 3 is 2.75 bits per heavy atom. The fourth-order valence-corrected chi connectivity index (χ4v) is 3.71. The standard InChI is InChI=1S/C17H26N2O/c18-11-6-14-20-17(19-12-4-1-5-13-19)10-9-15-7-2-3-8-16(15)17/h2-3,7-8H,1,4-6,9-14,18H2. The molecule has 0 spiro atoms. The maximum atomic E-state index is 6.44. The number of piperidine rings is 1. The molecule has 1 aromatic carbocycles. The number of ether oxygens (including phenoxy) is 1. The van der Waals surface area contributed by atoms with Gasteiger partial charge >= 0.3 is 0 Å². The molecule has 3 nitrogen and oxygen atoms in total. The third kappa shape index (κ3) is 2.50. The summed E-state index contributed by atoms with van der Waals surface area (Å²) >= 11 is 0. The molecule has 3 rings (SSSR count). The summed E-state index contributed by atoms with van der Waals surface area (Å²) in [6.45, 7) is 3.80. The fraction of sp³-hybridized carbons (Fsp3) is 0.647. The average molecular weight is 274 g/mol. The number of fused-ring (bicyclic) bond motifs is 1. The van der Waals surface area contributed by atoms with Gasteiger partial charge in [0.25, 0.3) is 0 Å². The molecule has 0 radical (unpaired) electrons. The van der Waals surface area contributed by atoms with Crippen LogP contribution in [0.15, 0.2) is 24.3 Å². The zero-order chi connectivity index (χ0) is 13.8. The molecule has 1 aliphatic carbocycles. The Labute approximate surface area is 122 Å². The van der Waals surface area contributed by atoms with Gasteiger partial charge in [-0.1, -0.05) is 30.7 Å². The van der Waals surface area contributed by atoms with Crippen molar-refractivity contribution >= 4 is 0 Å². The number of likely N-dealkylation sites (tertiary alicyclic amines) is 1. The second-order valence-electron chi connectivity index (χ2n) is 5.98. The molecule has 1 heterocycles. The highest BCUT2D eigenvalue weighted by molar-refractivity contribution is 5.37. The van der Waals surface area contributed by atoms with E-state index in [1.807, 2.05) is 0 Å². The lowest BCUT2D eigenvalue weighted by molar-refractivity contribution is -0.169. The first-order valence-electron chi connectivity index (χ1n) is 8.04. The summed E-state index contributed by atoms with van der Waals surface area (Å²) in [6, 6.07) is 8.81. The van der Waals surface area contributed by atoms with Gasteiger partial charge in [0.05, 0.1) is 6.61 Å². The van der Waals surface area contributed by atoms with Crippen LogP contribution in [0.4, 0.5) is 0 Å². The Kier molecular flexibility index (Phi) is 4.39. The molecule has 1 atom stereocenters. The SMILES string of the molecule is NCCCOC1(N2CCCCC2)CCc2ccccc21. The van der Waals surface area contributed by atoms with E-state index >= 15 is 0 Å². The van der Waals surface area contributed by atoms with Gasteiger partial charge in [0.15, 0.2) is 0 Å². The van der Waals surface area contributed by atoms with Crippen LogP contribution in [0, 0.1) is 0 Å². The predicted octanol–water partition coefficient (Wildman–Crippen LogP) is 2.64. The second-order valence-corrected chi connectivity index (χ2v) is 5.98. The van der Waals surface area contributed by atoms with Crippen LogP contribution in [-0.2, 0) is 16.9 Å². The van der Waals surface area contributed by atoms with Crippen LogP contribution in [0.2, 0.25) is 0 Å². The third-order valence-corrected chi connectivity index (χ3v) is 4.73. The van der Waals surface area contributed by atoms with Gasteiger partial charge in [-0.2, -0.15) is 0 Å². The lowest BCUT2D eigenvalue weighted by atomic mass is 9.99. The smallest absolute Gasteiger partial charge is 0.148 e. The van der Waals surface area contributed by atoms with E-state index in [1.54, 1.807) is 0 Å². The van der Waals surface area contributed by atoms with Crippen LogP contribution in [0.25, 0.3) is 0 Å². The molecule has 20 heavy (non-hydrogen) atoms. The minimum atomic E-state index is -0.174. The van der Waals surface area contributed by atoms with Crippen LogP contribution in [0.1, 0.15) is 43.2 Å². The van der Waals surface area contributed by atoms with Crippen molar-refractivity contribution in [1.82, 2.24) is 4.90 Å². The van der Waals surface area contributed by atoms with Gasteiger partial charge in [-0.3, -0.25) is 4.90 Å². The van der Waals surface area contributed by atoms with E-state index < -0.39 is 0 Å². The van der Waals surface area contributed by atoms with E-state index in [9.17, 15) is 0 Å². The van der Waals surface area contributed by atoms with Crippen molar-refractivity contribution in [2.75, 3.05) is 26.2 Å². The Morgan fingerprint density at radius 2 is 1.95 bits per heavy atom. The summed E-state index contributed by atoms with van der Waals surface area (Å²) in [6.07, 6.45) is 7.12. The fourth-order valence-electron chi connectivity index (χ4n) is 3.71. The minimum absolute atomic E-state index is 0.174. The number of rotatable bonds is 5. The van der Waals surface area contributed by atoms with Crippen molar-refractivity contribution in [1.29, 1.82) is 0 Å². The van der Waals surface area contributed by atoms with Gasteiger partial charge in [0.2, 0.25) is 0 Å². The van der Waals surface area contributed by atoms with Crippen molar-refractivity contribution in [3.63, 3.8) is 0 Å². The molecule has 0 bridgehead atoms. The topological polar surface area (TPSA) is 38.5 Å². The van der Waals surface area contributed by atoms with Gasteiger partial charge in [-0.15, -0.1) is 0 Å². The summed E-state index contributed by atoms with van der Waals surface area (Å²) in [7, 11) is 0. The third-order valence-electron chi connectivity index (χ3n) is 4.73. The molecule has 2 N–H and O–H groups in total. The number of hydrogen-bond acceptors (Lipinski definition) is 3. The zero-order valence-electron chi connectivity index (χ0n) is 12.3. The van der Waals surface area contributed by atoms with Crippen molar-refractivity contribution in [3.8, 4) is 0 Å². The van der Waals surface area contributed by atoms with Gasteiger partial charge in [-0.25, -0.2) is 0 Å². The summed E-state index contributed by atoms with van der Waals surface area (Å²) in [5.41, 5.74) is 8.33. The Balaban J connectivity index is 1.88. The van der Waals surface area contributed by atoms with E-state index in [2.05, 4.69) is 29.2 Å². The Hall–Kier alpha value is -0.900. The molecule has 110 valence electrons. The summed E-state index contributed by atoms with van der Waals surface area (Å²) < 4.78 is 6.44. The van der Waals surface area contributed by atoms with Gasteiger partial charge in [0, 0.05) is 18.7 Å². The number of aryl methyl sites for hydroxylation is 1. The molecule has 2 aliphatic rings. The van der Waals surface area contributed by atoms with Crippen LogP contribution in [0.3, 0.4) is 0 Å². The first-order valence-corrected chi connectivity index (χ1v) is 8.04. The lowest BCUT2D eigenvalue weighted by Crippen LogP contribution is -2.49. The normalized spacial score (nSPS) is 26.6. The molecule has 1 fully saturated rings. The highest BCUT2D eigenvalue weighted by atomic mass is 16.5. The van der Waals surface area contributed by atoms with E-state index in [4.69, 9.17) is 10.5 Å². The summed E-state index contributed by atoms with van der Waals surface area (Å²) in [5.74, 6) is 0. The Morgan fingerprint density at radius 1 is 1.15 bits per heavy atom. The van der Waals surface area contributed by atoms with E-state index in [0.717, 1.165) is 39.0 Å². The van der Waals surface area contributed by atoms with Crippen molar-refractivity contribution in [2.45, 2.75) is 44.2 Å². The highest BCUT2D eigenvalue weighted by Crippen LogP contribution is 2.43. The van der Waals surface area contributed by atoms with Gasteiger partial charge in [0.1, 0.15) is 5.72 Å². The summed E-state index contributed by atoms with van der Waals surface area (Å²) in [5, 5.41) is 0. The molecule has 0 saturated carbocycles. The Bertz CT molecular complexity index is 442. The molecule has 1 aliphatic heterocycles. The minimum Gasteiger partial charge on any atom is -0.356 e. The monoisotopic (exact) mass is 274 g/mol. The highest BCUT2D eigenvalue weighted by Gasteiger charge is 2.44. The first-order chi connectivity index (χ1) is 9.87. The van der Waals surface area contributed by atoms with E-state index in [1.165, 1.54) is 30.4 Å². The molecule has 3 heteroatoms. The molecular weight excluding hydrogens is 248 g/mol. The molecule has 1 unspecified atom stereocenters. The maximum absolute atomic E-state index is 6.44. The molecule has 1 aromatic rings. The molecule has 0 aromatic heterocycles. The largest absolute Gasteiger partial charge is 0.356 e. The maximum Gasteiger partial charge on any atom is 0.148 e. The van der Waals surface area contributed by atoms with Crippen molar-refractivity contribution in [2.24, 2.45) is 5.73 Å². The van der Waals surface area contributed by atoms with Crippen LogP contribution in [-0.4, -0.2) is 31.1 Å². The van der Waals surface area contributed by atoms with Crippen molar-refractivity contribution < 1.29 is 4.74 Å². The van der Waals surface area contributed by atoms with Gasteiger partial charge in [-0.05, 0) is 44.2 Å². The predicted molar refractivity (Wildman–Crippen MR) is 81.5 cm³/mol. The molecule has 0 amide bonds. The van der Waals surface area contributed by atoms with Crippen LogP contribution < -0.4 is 5.73 Å². The summed E-state index contributed by atoms with van der Waals surface area (Å²) in [4.78, 5) is 2.58. The van der Waals surface area contributed by atoms with Crippen LogP contribution in [0.5, 0.6) is 0 Å². The second kappa shape index (κ2) is 6.25. The lowest BCUT2D eigenvalue weighted by Gasteiger charge is -2.44. The quantitative estimate of drug-likeness (QED) is 0.839. The number of hydrogen-bond donors (Lipinski definition) is 1.